The lowest BCUT2D eigenvalue weighted by molar-refractivity contribution is 0.847. The number of aromatic nitrogens is 4. The summed E-state index contributed by atoms with van der Waals surface area (Å²) in [4.78, 5) is 11.0. The second kappa shape index (κ2) is 5.69. The van der Waals surface area contributed by atoms with Crippen molar-refractivity contribution in [3.63, 3.8) is 0 Å². The summed E-state index contributed by atoms with van der Waals surface area (Å²) < 4.78 is 1.79. The highest BCUT2D eigenvalue weighted by molar-refractivity contribution is 6.30. The Bertz CT molecular complexity index is 764. The van der Waals surface area contributed by atoms with Gasteiger partial charge in [-0.3, -0.25) is 0 Å². The molecule has 0 fully saturated rings. The molecule has 0 atom stereocenters. The molecule has 5 nitrogen and oxygen atoms in total. The molecule has 21 heavy (non-hydrogen) atoms. The van der Waals surface area contributed by atoms with Crippen LogP contribution in [-0.4, -0.2) is 32.8 Å². The average molecular weight is 302 g/mol. The van der Waals surface area contributed by atoms with Crippen LogP contribution in [0.5, 0.6) is 0 Å². The summed E-state index contributed by atoms with van der Waals surface area (Å²) in [7, 11) is 0. The fraction of sp³-hybridized carbons (Fsp3) is 0.267. The van der Waals surface area contributed by atoms with Crippen LogP contribution in [0.4, 0.5) is 5.82 Å². The molecule has 0 bridgehead atoms. The van der Waals surface area contributed by atoms with Crippen molar-refractivity contribution >= 4 is 28.5 Å². The van der Waals surface area contributed by atoms with Gasteiger partial charge in [0.2, 0.25) is 0 Å². The molecule has 0 saturated carbocycles. The molecule has 0 aliphatic rings. The molecule has 3 aromatic rings. The first-order valence-corrected chi connectivity index (χ1v) is 7.32. The average Bonchev–Trinajstić information content (AvgIpc) is 2.93. The minimum absolute atomic E-state index is 0.675. The van der Waals surface area contributed by atoms with Gasteiger partial charge in [0.15, 0.2) is 5.65 Å². The van der Waals surface area contributed by atoms with Gasteiger partial charge in [-0.1, -0.05) is 17.7 Å². The van der Waals surface area contributed by atoms with E-state index in [2.05, 4.69) is 33.8 Å². The lowest BCUT2D eigenvalue weighted by Gasteiger charge is -2.19. The smallest absolute Gasteiger partial charge is 0.168 e. The Morgan fingerprint density at radius 3 is 2.71 bits per heavy atom. The van der Waals surface area contributed by atoms with Gasteiger partial charge >= 0.3 is 0 Å². The third-order valence-corrected chi connectivity index (χ3v) is 3.70. The van der Waals surface area contributed by atoms with Crippen LogP contribution >= 0.6 is 11.6 Å². The Hall–Kier alpha value is -2.14. The van der Waals surface area contributed by atoms with Crippen molar-refractivity contribution in [1.82, 2.24) is 19.7 Å². The highest BCUT2D eigenvalue weighted by Gasteiger charge is 2.14. The molecular formula is C15H16ClN5. The summed E-state index contributed by atoms with van der Waals surface area (Å²) >= 11 is 6.06. The van der Waals surface area contributed by atoms with Crippen LogP contribution in [0.25, 0.3) is 16.7 Å². The number of hydrogen-bond donors (Lipinski definition) is 0. The molecule has 3 rings (SSSR count). The van der Waals surface area contributed by atoms with Gasteiger partial charge in [-0.25, -0.2) is 14.6 Å². The highest BCUT2D eigenvalue weighted by atomic mass is 35.5. The van der Waals surface area contributed by atoms with Crippen molar-refractivity contribution < 1.29 is 0 Å². The van der Waals surface area contributed by atoms with Gasteiger partial charge < -0.3 is 4.90 Å². The Morgan fingerprint density at radius 1 is 1.19 bits per heavy atom. The van der Waals surface area contributed by atoms with Crippen molar-refractivity contribution in [1.29, 1.82) is 0 Å². The van der Waals surface area contributed by atoms with Gasteiger partial charge in [-0.05, 0) is 32.0 Å². The zero-order chi connectivity index (χ0) is 14.8. The van der Waals surface area contributed by atoms with E-state index in [1.807, 2.05) is 30.5 Å². The molecule has 0 saturated heterocycles. The molecule has 0 spiro atoms. The number of rotatable bonds is 4. The SMILES string of the molecule is CCN(CC)c1ncnc2c1cnn2-c1cccc(Cl)c1. The molecule has 0 amide bonds. The molecule has 2 heterocycles. The second-order valence-corrected chi connectivity index (χ2v) is 5.08. The normalized spacial score (nSPS) is 11.0. The maximum Gasteiger partial charge on any atom is 0.168 e. The number of fused-ring (bicyclic) bond motifs is 1. The molecule has 6 heteroatoms. The van der Waals surface area contributed by atoms with Crippen LogP contribution < -0.4 is 4.90 Å². The summed E-state index contributed by atoms with van der Waals surface area (Å²) in [5.74, 6) is 0.915. The second-order valence-electron chi connectivity index (χ2n) is 4.64. The first kappa shape index (κ1) is 13.8. The number of benzene rings is 1. The fourth-order valence-corrected chi connectivity index (χ4v) is 2.59. The molecule has 0 N–H and O–H groups in total. The number of hydrogen-bond acceptors (Lipinski definition) is 4. The standard InChI is InChI=1S/C15H16ClN5/c1-3-20(4-2)14-13-9-19-21(15(13)18-10-17-14)12-7-5-6-11(16)8-12/h5-10H,3-4H2,1-2H3. The van der Waals surface area contributed by atoms with Gasteiger partial charge in [0.1, 0.15) is 12.1 Å². The lowest BCUT2D eigenvalue weighted by atomic mass is 10.3. The van der Waals surface area contributed by atoms with Crippen LogP contribution in [-0.2, 0) is 0 Å². The molecular weight excluding hydrogens is 286 g/mol. The Morgan fingerprint density at radius 2 is 2.00 bits per heavy atom. The Balaban J connectivity index is 2.17. The molecule has 0 unspecified atom stereocenters. The van der Waals surface area contributed by atoms with Crippen molar-refractivity contribution in [3.05, 3.63) is 41.8 Å². The highest BCUT2D eigenvalue weighted by Crippen LogP contribution is 2.25. The van der Waals surface area contributed by atoms with Crippen molar-refractivity contribution in [2.24, 2.45) is 0 Å². The fourth-order valence-electron chi connectivity index (χ4n) is 2.40. The topological polar surface area (TPSA) is 46.8 Å². The van der Waals surface area contributed by atoms with E-state index in [1.165, 1.54) is 0 Å². The molecule has 2 aromatic heterocycles. The largest absolute Gasteiger partial charge is 0.356 e. The minimum Gasteiger partial charge on any atom is -0.356 e. The molecule has 0 aliphatic heterocycles. The lowest BCUT2D eigenvalue weighted by Crippen LogP contribution is -2.23. The Labute approximate surface area is 128 Å². The van der Waals surface area contributed by atoms with E-state index in [-0.39, 0.29) is 0 Å². The maximum atomic E-state index is 6.06. The van der Waals surface area contributed by atoms with Crippen LogP contribution in [0.3, 0.4) is 0 Å². The predicted octanol–water partition coefficient (Wildman–Crippen LogP) is 3.32. The van der Waals surface area contributed by atoms with Crippen molar-refractivity contribution in [3.8, 4) is 5.69 Å². The van der Waals surface area contributed by atoms with E-state index in [9.17, 15) is 0 Å². The van der Waals surface area contributed by atoms with Gasteiger partial charge in [0.05, 0.1) is 17.3 Å². The van der Waals surface area contributed by atoms with Crippen LogP contribution in [0.1, 0.15) is 13.8 Å². The van der Waals surface area contributed by atoms with E-state index < -0.39 is 0 Å². The van der Waals surface area contributed by atoms with Crippen LogP contribution in [0.15, 0.2) is 36.8 Å². The first-order valence-electron chi connectivity index (χ1n) is 6.94. The molecule has 1 aromatic carbocycles. The number of anilines is 1. The quantitative estimate of drug-likeness (QED) is 0.741. The zero-order valence-corrected chi connectivity index (χ0v) is 12.7. The monoisotopic (exact) mass is 301 g/mol. The van der Waals surface area contributed by atoms with Gasteiger partial charge in [-0.15, -0.1) is 0 Å². The van der Waals surface area contributed by atoms with Crippen LogP contribution in [0.2, 0.25) is 5.02 Å². The predicted molar refractivity (Wildman–Crippen MR) is 85.2 cm³/mol. The first-order chi connectivity index (χ1) is 10.2. The molecule has 108 valence electrons. The summed E-state index contributed by atoms with van der Waals surface area (Å²) in [5.41, 5.74) is 1.68. The van der Waals surface area contributed by atoms with E-state index in [4.69, 9.17) is 11.6 Å². The van der Waals surface area contributed by atoms with E-state index in [0.717, 1.165) is 35.6 Å². The zero-order valence-electron chi connectivity index (χ0n) is 12.0. The van der Waals surface area contributed by atoms with Gasteiger partial charge in [-0.2, -0.15) is 5.10 Å². The summed E-state index contributed by atoms with van der Waals surface area (Å²) in [6.07, 6.45) is 3.39. The summed E-state index contributed by atoms with van der Waals surface area (Å²) in [6.45, 7) is 6.01. The third-order valence-electron chi connectivity index (χ3n) is 3.46. The maximum absolute atomic E-state index is 6.06. The summed E-state index contributed by atoms with van der Waals surface area (Å²) in [6, 6.07) is 7.56. The van der Waals surface area contributed by atoms with Gasteiger partial charge in [0.25, 0.3) is 0 Å². The van der Waals surface area contributed by atoms with Crippen molar-refractivity contribution in [2.45, 2.75) is 13.8 Å². The number of halogens is 1. The van der Waals surface area contributed by atoms with Gasteiger partial charge in [0, 0.05) is 18.1 Å². The third kappa shape index (κ3) is 2.45. The Kier molecular flexibility index (Phi) is 3.75. The van der Waals surface area contributed by atoms with Crippen LogP contribution in [0, 0.1) is 0 Å². The molecule has 0 aliphatic carbocycles. The minimum atomic E-state index is 0.675. The summed E-state index contributed by atoms with van der Waals surface area (Å²) in [5, 5.41) is 6.07. The molecule has 0 radical (unpaired) electrons. The van der Waals surface area contributed by atoms with Crippen molar-refractivity contribution in [2.75, 3.05) is 18.0 Å². The van der Waals surface area contributed by atoms with E-state index in [0.29, 0.717) is 5.02 Å². The number of nitrogens with zero attached hydrogens (tertiary/aromatic N) is 5. The van der Waals surface area contributed by atoms with E-state index >= 15 is 0 Å². The van der Waals surface area contributed by atoms with E-state index in [1.54, 1.807) is 11.0 Å².